The first-order valence-corrected chi connectivity index (χ1v) is 4.41. The Morgan fingerprint density at radius 1 is 1.29 bits per heavy atom. The molecular weight excluding hydrogens is 243 g/mol. The number of oxazole rings is 1. The van der Waals surface area contributed by atoms with Gasteiger partial charge in [0.2, 0.25) is 5.89 Å². The summed E-state index contributed by atoms with van der Waals surface area (Å²) in [6.07, 6.45) is -1.86. The Morgan fingerprint density at radius 2 is 2.12 bits per heavy atom. The van der Waals surface area contributed by atoms with Crippen LogP contribution in [0.1, 0.15) is 17.6 Å². The van der Waals surface area contributed by atoms with E-state index in [9.17, 15) is 13.2 Å². The molecule has 0 amide bonds. The van der Waals surface area contributed by atoms with Gasteiger partial charge in [-0.2, -0.15) is 18.2 Å². The second kappa shape index (κ2) is 4.53. The summed E-state index contributed by atoms with van der Waals surface area (Å²) in [6.45, 7) is -0.204. The lowest BCUT2D eigenvalue weighted by molar-refractivity contribution is -0.159. The number of hydrogen-bond donors (Lipinski definition) is 0. The molecule has 0 fully saturated rings. The minimum absolute atomic E-state index is 0.0168. The van der Waals surface area contributed by atoms with Crippen molar-refractivity contribution >= 4 is 0 Å². The molecule has 6 nitrogen and oxygen atoms in total. The van der Waals surface area contributed by atoms with Crippen molar-refractivity contribution in [3.8, 4) is 0 Å². The van der Waals surface area contributed by atoms with Crippen molar-refractivity contribution in [1.29, 1.82) is 0 Å². The van der Waals surface area contributed by atoms with Crippen LogP contribution in [0.3, 0.4) is 0 Å². The van der Waals surface area contributed by atoms with Crippen LogP contribution in [-0.4, -0.2) is 15.1 Å². The summed E-state index contributed by atoms with van der Waals surface area (Å²) in [7, 11) is 0. The van der Waals surface area contributed by atoms with Gasteiger partial charge in [0.1, 0.15) is 19.5 Å². The molecular formula is C8H6F3N3O3. The van der Waals surface area contributed by atoms with E-state index in [1.54, 1.807) is 0 Å². The average Bonchev–Trinajstić information content (AvgIpc) is 2.86. The van der Waals surface area contributed by atoms with E-state index in [2.05, 4.69) is 19.6 Å². The fourth-order valence-corrected chi connectivity index (χ4v) is 0.982. The van der Waals surface area contributed by atoms with Crippen molar-refractivity contribution in [2.45, 2.75) is 19.4 Å². The van der Waals surface area contributed by atoms with Gasteiger partial charge < -0.3 is 13.7 Å². The monoisotopic (exact) mass is 249 g/mol. The van der Waals surface area contributed by atoms with Crippen LogP contribution in [0.2, 0.25) is 0 Å². The average molecular weight is 249 g/mol. The fraction of sp³-hybridized carbons (Fsp3) is 0.375. The molecule has 0 radical (unpaired) electrons. The van der Waals surface area contributed by atoms with Gasteiger partial charge in [0, 0.05) is 0 Å². The lowest BCUT2D eigenvalue weighted by Gasteiger charge is -1.97. The van der Waals surface area contributed by atoms with E-state index in [0.717, 1.165) is 0 Å². The minimum atomic E-state index is -4.65. The number of ether oxygens (including phenoxy) is 1. The normalized spacial score (nSPS) is 11.9. The summed E-state index contributed by atoms with van der Waals surface area (Å²) in [4.78, 5) is 6.88. The van der Waals surface area contributed by atoms with Crippen LogP contribution in [0.5, 0.6) is 0 Å². The summed E-state index contributed by atoms with van der Waals surface area (Å²) >= 11 is 0. The Labute approximate surface area is 92.4 Å². The standard InChI is InChI=1S/C8H6F3N3O3/c9-8(10,11)7-13-5(14-17-7)3-15-4-6-12-1-2-16-6/h1-2H,3-4H2. The second-order valence-electron chi connectivity index (χ2n) is 2.93. The molecule has 9 heteroatoms. The molecule has 0 saturated heterocycles. The molecule has 0 spiro atoms. The van der Waals surface area contributed by atoms with E-state index in [1.165, 1.54) is 12.5 Å². The molecule has 0 N–H and O–H groups in total. The van der Waals surface area contributed by atoms with E-state index < -0.39 is 12.1 Å². The van der Waals surface area contributed by atoms with Crippen LogP contribution < -0.4 is 0 Å². The molecule has 2 heterocycles. The molecule has 0 bridgehead atoms. The van der Waals surface area contributed by atoms with E-state index in [4.69, 9.17) is 9.15 Å². The Balaban J connectivity index is 1.85. The SMILES string of the molecule is FC(F)(F)c1nc(COCc2ncco2)no1. The Bertz CT molecular complexity index is 466. The smallest absolute Gasteiger partial charge is 0.446 e. The maximum Gasteiger partial charge on any atom is 0.471 e. The highest BCUT2D eigenvalue weighted by Crippen LogP contribution is 2.27. The first-order chi connectivity index (χ1) is 8.05. The van der Waals surface area contributed by atoms with Gasteiger partial charge in [0.25, 0.3) is 0 Å². The predicted octanol–water partition coefficient (Wildman–Crippen LogP) is 1.79. The van der Waals surface area contributed by atoms with Gasteiger partial charge >= 0.3 is 12.1 Å². The maximum absolute atomic E-state index is 12.1. The van der Waals surface area contributed by atoms with E-state index in [-0.39, 0.29) is 19.0 Å². The van der Waals surface area contributed by atoms with Crippen LogP contribution in [0, 0.1) is 0 Å². The molecule has 0 unspecified atom stereocenters. The largest absolute Gasteiger partial charge is 0.471 e. The third kappa shape index (κ3) is 3.03. The highest BCUT2D eigenvalue weighted by Gasteiger charge is 2.38. The predicted molar refractivity (Wildman–Crippen MR) is 44.3 cm³/mol. The Morgan fingerprint density at radius 3 is 2.71 bits per heavy atom. The fourth-order valence-electron chi connectivity index (χ4n) is 0.982. The Hall–Kier alpha value is -1.90. The molecule has 0 aliphatic carbocycles. The van der Waals surface area contributed by atoms with Crippen LogP contribution in [0.15, 0.2) is 21.4 Å². The van der Waals surface area contributed by atoms with Crippen molar-refractivity contribution in [3.05, 3.63) is 30.1 Å². The maximum atomic E-state index is 12.1. The molecule has 2 aromatic rings. The lowest BCUT2D eigenvalue weighted by atomic mass is 10.6. The van der Waals surface area contributed by atoms with Gasteiger partial charge in [-0.1, -0.05) is 5.16 Å². The van der Waals surface area contributed by atoms with Crippen LogP contribution in [-0.2, 0) is 24.1 Å². The number of halogens is 3. The third-order valence-electron chi connectivity index (χ3n) is 1.65. The van der Waals surface area contributed by atoms with Gasteiger partial charge in [-0.15, -0.1) is 0 Å². The van der Waals surface area contributed by atoms with Crippen LogP contribution in [0.25, 0.3) is 0 Å². The molecule has 17 heavy (non-hydrogen) atoms. The summed E-state index contributed by atoms with van der Waals surface area (Å²) in [5.74, 6) is -1.28. The highest BCUT2D eigenvalue weighted by atomic mass is 19.4. The first-order valence-electron chi connectivity index (χ1n) is 4.41. The number of alkyl halides is 3. The zero-order valence-corrected chi connectivity index (χ0v) is 8.27. The molecule has 0 aliphatic rings. The molecule has 2 rings (SSSR count). The van der Waals surface area contributed by atoms with Crippen molar-refractivity contribution in [1.82, 2.24) is 15.1 Å². The van der Waals surface area contributed by atoms with E-state index in [0.29, 0.717) is 5.89 Å². The summed E-state index contributed by atoms with van der Waals surface area (Å²) in [6, 6.07) is 0. The third-order valence-corrected chi connectivity index (χ3v) is 1.65. The molecule has 0 atom stereocenters. The molecule has 0 saturated carbocycles. The van der Waals surface area contributed by atoms with Gasteiger partial charge in [-0.25, -0.2) is 4.98 Å². The van der Waals surface area contributed by atoms with Gasteiger partial charge in [0.15, 0.2) is 5.82 Å². The number of aromatic nitrogens is 3. The van der Waals surface area contributed by atoms with Gasteiger partial charge in [-0.3, -0.25) is 0 Å². The summed E-state index contributed by atoms with van der Waals surface area (Å²) in [5, 5.41) is 3.12. The number of hydrogen-bond acceptors (Lipinski definition) is 6. The van der Waals surface area contributed by atoms with Crippen molar-refractivity contribution in [2.75, 3.05) is 0 Å². The quantitative estimate of drug-likeness (QED) is 0.822. The van der Waals surface area contributed by atoms with Gasteiger partial charge in [-0.05, 0) is 0 Å². The second-order valence-corrected chi connectivity index (χ2v) is 2.93. The number of rotatable bonds is 4. The van der Waals surface area contributed by atoms with Gasteiger partial charge in [0.05, 0.1) is 6.20 Å². The minimum Gasteiger partial charge on any atom is -0.446 e. The van der Waals surface area contributed by atoms with Crippen molar-refractivity contribution < 1.29 is 26.8 Å². The zero-order chi connectivity index (χ0) is 12.3. The topological polar surface area (TPSA) is 74.2 Å². The van der Waals surface area contributed by atoms with Crippen molar-refractivity contribution in [3.63, 3.8) is 0 Å². The van der Waals surface area contributed by atoms with Crippen LogP contribution >= 0.6 is 0 Å². The Kier molecular flexibility index (Phi) is 3.09. The van der Waals surface area contributed by atoms with E-state index in [1.807, 2.05) is 0 Å². The molecule has 2 aromatic heterocycles. The first kappa shape index (κ1) is 11.6. The summed E-state index contributed by atoms with van der Waals surface area (Å²) < 4.78 is 50.1. The van der Waals surface area contributed by atoms with Crippen molar-refractivity contribution in [2.24, 2.45) is 0 Å². The highest BCUT2D eigenvalue weighted by molar-refractivity contribution is 4.88. The lowest BCUT2D eigenvalue weighted by Crippen LogP contribution is -2.05. The summed E-state index contributed by atoms with van der Waals surface area (Å²) in [5.41, 5.74) is 0. The number of nitrogens with zero attached hydrogens (tertiary/aromatic N) is 3. The molecule has 0 aromatic carbocycles. The zero-order valence-electron chi connectivity index (χ0n) is 8.27. The van der Waals surface area contributed by atoms with Crippen LogP contribution in [0.4, 0.5) is 13.2 Å². The van der Waals surface area contributed by atoms with E-state index >= 15 is 0 Å². The molecule has 0 aliphatic heterocycles. The molecule has 92 valence electrons.